The van der Waals surface area contributed by atoms with Gasteiger partial charge in [0.25, 0.3) is 5.91 Å². The Morgan fingerprint density at radius 1 is 1.25 bits per heavy atom. The van der Waals surface area contributed by atoms with Gasteiger partial charge in [0, 0.05) is 18.7 Å². The molecule has 0 saturated carbocycles. The minimum Gasteiger partial charge on any atom is -0.505 e. The number of amides is 1. The van der Waals surface area contributed by atoms with E-state index in [4.69, 9.17) is 0 Å². The van der Waals surface area contributed by atoms with Crippen LogP contribution in [0.1, 0.15) is 40.4 Å². The standard InChI is InChI=1S/C21H25N3O4/c1-14-17(12-22-19(20(14)26)21(27)23-13-18(25)28-2)24-10-8-16(9-11-24)15-6-4-3-5-7-15/h3-7,12,16,26H,8-11,13H2,1-2H3,(H,23,27). The van der Waals surface area contributed by atoms with E-state index in [9.17, 15) is 14.7 Å². The molecule has 1 amide bonds. The highest BCUT2D eigenvalue weighted by Gasteiger charge is 2.24. The zero-order valence-electron chi connectivity index (χ0n) is 16.1. The predicted octanol–water partition coefficient (Wildman–Crippen LogP) is 2.38. The van der Waals surface area contributed by atoms with Crippen LogP contribution in [0.4, 0.5) is 5.69 Å². The molecule has 0 spiro atoms. The van der Waals surface area contributed by atoms with E-state index in [0.717, 1.165) is 31.6 Å². The second-order valence-electron chi connectivity index (χ2n) is 6.90. The van der Waals surface area contributed by atoms with Crippen molar-refractivity contribution in [1.29, 1.82) is 0 Å². The van der Waals surface area contributed by atoms with E-state index >= 15 is 0 Å². The van der Waals surface area contributed by atoms with Crippen molar-refractivity contribution in [1.82, 2.24) is 10.3 Å². The van der Waals surface area contributed by atoms with Gasteiger partial charge in [-0.1, -0.05) is 30.3 Å². The van der Waals surface area contributed by atoms with Gasteiger partial charge in [0.2, 0.25) is 0 Å². The Balaban J connectivity index is 1.68. The first-order chi connectivity index (χ1) is 13.5. The fourth-order valence-electron chi connectivity index (χ4n) is 3.55. The first-order valence-corrected chi connectivity index (χ1v) is 9.34. The van der Waals surface area contributed by atoms with Crippen molar-refractivity contribution < 1.29 is 19.4 Å². The van der Waals surface area contributed by atoms with Crippen molar-refractivity contribution in [2.75, 3.05) is 31.6 Å². The normalized spacial score (nSPS) is 14.6. The van der Waals surface area contributed by atoms with Crippen LogP contribution in [0.15, 0.2) is 36.5 Å². The fraction of sp³-hybridized carbons (Fsp3) is 0.381. The molecule has 0 unspecified atom stereocenters. The van der Waals surface area contributed by atoms with Gasteiger partial charge >= 0.3 is 5.97 Å². The highest BCUT2D eigenvalue weighted by atomic mass is 16.5. The monoisotopic (exact) mass is 383 g/mol. The van der Waals surface area contributed by atoms with E-state index in [1.54, 1.807) is 13.1 Å². The number of carbonyl (C=O) groups excluding carboxylic acids is 2. The number of rotatable bonds is 5. The summed E-state index contributed by atoms with van der Waals surface area (Å²) < 4.78 is 4.49. The molecule has 2 heterocycles. The number of nitrogens with zero attached hydrogens (tertiary/aromatic N) is 2. The van der Waals surface area contributed by atoms with Gasteiger partial charge in [-0.05, 0) is 31.2 Å². The molecule has 3 rings (SSSR count). The maximum atomic E-state index is 12.2. The molecule has 28 heavy (non-hydrogen) atoms. The summed E-state index contributed by atoms with van der Waals surface area (Å²) in [7, 11) is 1.24. The molecule has 0 aliphatic carbocycles. The van der Waals surface area contributed by atoms with Gasteiger partial charge in [-0.2, -0.15) is 0 Å². The molecular formula is C21H25N3O4. The summed E-state index contributed by atoms with van der Waals surface area (Å²) in [5.41, 5.74) is 2.70. The Kier molecular flexibility index (Phi) is 6.13. The minimum absolute atomic E-state index is 0.0932. The molecular weight excluding hydrogens is 358 g/mol. The molecule has 1 aliphatic rings. The Labute approximate surface area is 164 Å². The maximum Gasteiger partial charge on any atom is 0.325 e. The lowest BCUT2D eigenvalue weighted by atomic mass is 9.89. The van der Waals surface area contributed by atoms with Crippen LogP contribution in [0.25, 0.3) is 0 Å². The van der Waals surface area contributed by atoms with E-state index < -0.39 is 11.9 Å². The Hall–Kier alpha value is -3.09. The SMILES string of the molecule is COC(=O)CNC(=O)c1ncc(N2CCC(c3ccccc3)CC2)c(C)c1O. The number of ether oxygens (including phenoxy) is 1. The number of esters is 1. The van der Waals surface area contributed by atoms with E-state index in [1.165, 1.54) is 12.7 Å². The number of piperidine rings is 1. The van der Waals surface area contributed by atoms with Crippen LogP contribution in [-0.2, 0) is 9.53 Å². The third-order valence-electron chi connectivity index (χ3n) is 5.22. The number of aromatic nitrogens is 1. The number of nitrogens with one attached hydrogen (secondary N) is 1. The van der Waals surface area contributed by atoms with Crippen molar-refractivity contribution in [3.63, 3.8) is 0 Å². The quantitative estimate of drug-likeness (QED) is 0.771. The van der Waals surface area contributed by atoms with Crippen molar-refractivity contribution in [3.8, 4) is 5.75 Å². The average molecular weight is 383 g/mol. The smallest absolute Gasteiger partial charge is 0.325 e. The molecule has 0 bridgehead atoms. The highest BCUT2D eigenvalue weighted by molar-refractivity contribution is 5.97. The van der Waals surface area contributed by atoms with Crippen LogP contribution >= 0.6 is 0 Å². The summed E-state index contributed by atoms with van der Waals surface area (Å²) in [6.45, 7) is 3.21. The molecule has 0 atom stereocenters. The number of anilines is 1. The highest BCUT2D eigenvalue weighted by Crippen LogP contribution is 2.34. The van der Waals surface area contributed by atoms with Crippen LogP contribution in [0.5, 0.6) is 5.75 Å². The third kappa shape index (κ3) is 4.24. The first-order valence-electron chi connectivity index (χ1n) is 9.34. The summed E-state index contributed by atoms with van der Waals surface area (Å²) in [6.07, 6.45) is 3.65. The van der Waals surface area contributed by atoms with Crippen LogP contribution in [0.2, 0.25) is 0 Å². The van der Waals surface area contributed by atoms with Gasteiger partial charge < -0.3 is 20.1 Å². The van der Waals surface area contributed by atoms with Crippen LogP contribution in [-0.4, -0.2) is 48.7 Å². The Morgan fingerprint density at radius 3 is 2.57 bits per heavy atom. The summed E-state index contributed by atoms with van der Waals surface area (Å²) in [6, 6.07) is 10.5. The molecule has 7 nitrogen and oxygen atoms in total. The second kappa shape index (κ2) is 8.73. The predicted molar refractivity (Wildman–Crippen MR) is 106 cm³/mol. The summed E-state index contributed by atoms with van der Waals surface area (Å²) >= 11 is 0. The second-order valence-corrected chi connectivity index (χ2v) is 6.90. The summed E-state index contributed by atoms with van der Waals surface area (Å²) in [4.78, 5) is 29.7. The molecule has 1 aromatic carbocycles. The van der Waals surface area contributed by atoms with E-state index in [1.807, 2.05) is 6.07 Å². The van der Waals surface area contributed by atoms with E-state index in [0.29, 0.717) is 11.5 Å². The molecule has 1 aromatic heterocycles. The zero-order chi connectivity index (χ0) is 20.1. The number of methoxy groups -OCH3 is 1. The minimum atomic E-state index is -0.611. The van der Waals surface area contributed by atoms with Gasteiger partial charge in [0.15, 0.2) is 11.4 Å². The molecule has 7 heteroatoms. The van der Waals surface area contributed by atoms with Gasteiger partial charge in [0.1, 0.15) is 6.54 Å². The lowest BCUT2D eigenvalue weighted by Gasteiger charge is -2.34. The van der Waals surface area contributed by atoms with Crippen molar-refractivity contribution in [3.05, 3.63) is 53.3 Å². The molecule has 1 aliphatic heterocycles. The summed E-state index contributed by atoms with van der Waals surface area (Å²) in [5, 5.41) is 12.9. The topological polar surface area (TPSA) is 91.8 Å². The molecule has 148 valence electrons. The van der Waals surface area contributed by atoms with Crippen LogP contribution in [0.3, 0.4) is 0 Å². The number of carbonyl (C=O) groups is 2. The van der Waals surface area contributed by atoms with Gasteiger partial charge in [-0.25, -0.2) is 4.98 Å². The Morgan fingerprint density at radius 2 is 1.93 bits per heavy atom. The summed E-state index contributed by atoms with van der Waals surface area (Å²) in [5.74, 6) is -0.810. The lowest BCUT2D eigenvalue weighted by molar-refractivity contribution is -0.139. The van der Waals surface area contributed by atoms with E-state index in [-0.39, 0.29) is 18.0 Å². The third-order valence-corrected chi connectivity index (χ3v) is 5.22. The average Bonchev–Trinajstić information content (AvgIpc) is 2.74. The molecule has 0 radical (unpaired) electrons. The first kappa shape index (κ1) is 19.7. The number of hydrogen-bond acceptors (Lipinski definition) is 6. The largest absolute Gasteiger partial charge is 0.505 e. The zero-order valence-corrected chi connectivity index (χ0v) is 16.1. The molecule has 2 N–H and O–H groups in total. The number of benzene rings is 1. The molecule has 1 fully saturated rings. The molecule has 2 aromatic rings. The van der Waals surface area contributed by atoms with Crippen LogP contribution in [0, 0.1) is 6.92 Å². The van der Waals surface area contributed by atoms with Crippen LogP contribution < -0.4 is 10.2 Å². The number of aromatic hydroxyl groups is 1. The maximum absolute atomic E-state index is 12.2. The van der Waals surface area contributed by atoms with Gasteiger partial charge in [0.05, 0.1) is 19.0 Å². The van der Waals surface area contributed by atoms with Crippen molar-refractivity contribution >= 4 is 17.6 Å². The van der Waals surface area contributed by atoms with Gasteiger partial charge in [-0.3, -0.25) is 9.59 Å². The number of hydrogen-bond donors (Lipinski definition) is 2. The fourth-order valence-corrected chi connectivity index (χ4v) is 3.55. The van der Waals surface area contributed by atoms with Crippen molar-refractivity contribution in [2.24, 2.45) is 0 Å². The van der Waals surface area contributed by atoms with Gasteiger partial charge in [-0.15, -0.1) is 0 Å². The Bertz CT molecular complexity index is 846. The number of pyridine rings is 1. The molecule has 1 saturated heterocycles. The van der Waals surface area contributed by atoms with Crippen molar-refractivity contribution in [2.45, 2.75) is 25.7 Å². The van der Waals surface area contributed by atoms with E-state index in [2.05, 4.69) is 44.2 Å². The lowest BCUT2D eigenvalue weighted by Crippen LogP contribution is -2.34.